The number of hydrogen-bond donors (Lipinski definition) is 2. The summed E-state index contributed by atoms with van der Waals surface area (Å²) in [7, 11) is 0. The average Bonchev–Trinajstić information content (AvgIpc) is 2.22. The Labute approximate surface area is 106 Å². The maximum absolute atomic E-state index is 5.74. The quantitative estimate of drug-likeness (QED) is 0.838. The minimum atomic E-state index is 0.109. The van der Waals surface area contributed by atoms with Gasteiger partial charge in [0.1, 0.15) is 0 Å². The molecule has 2 atom stereocenters. The van der Waals surface area contributed by atoms with Crippen molar-refractivity contribution in [1.29, 1.82) is 0 Å². The van der Waals surface area contributed by atoms with Crippen molar-refractivity contribution >= 4 is 23.5 Å². The van der Waals surface area contributed by atoms with Gasteiger partial charge in [-0.25, -0.2) is 5.01 Å². The van der Waals surface area contributed by atoms with Gasteiger partial charge >= 0.3 is 0 Å². The average molecular weight is 257 g/mol. The van der Waals surface area contributed by atoms with E-state index < -0.39 is 0 Å². The first-order chi connectivity index (χ1) is 8.06. The number of nitrogens with two attached hydrogens (primary N) is 1. The molecule has 0 saturated carbocycles. The molecule has 1 aromatic heterocycles. The van der Waals surface area contributed by atoms with E-state index in [1.165, 1.54) is 6.42 Å². The van der Waals surface area contributed by atoms with E-state index in [4.69, 9.17) is 17.3 Å². The van der Waals surface area contributed by atoms with Crippen LogP contribution < -0.4 is 11.2 Å². The van der Waals surface area contributed by atoms with Crippen LogP contribution in [0.1, 0.15) is 33.1 Å². The maximum Gasteiger partial charge on any atom is 0.243 e. The number of nitrogens with zero attached hydrogens (tertiary/aromatic N) is 4. The number of nitrogen functional groups attached to an aromatic ring is 1. The van der Waals surface area contributed by atoms with E-state index in [9.17, 15) is 0 Å². The molecule has 2 heterocycles. The minimum Gasteiger partial charge on any atom is -0.368 e. The fourth-order valence-corrected chi connectivity index (χ4v) is 2.34. The van der Waals surface area contributed by atoms with E-state index in [0.29, 0.717) is 18.0 Å². The number of hydrogen-bond acceptors (Lipinski definition) is 6. The summed E-state index contributed by atoms with van der Waals surface area (Å²) < 4.78 is 0. The van der Waals surface area contributed by atoms with Gasteiger partial charge in [-0.15, -0.1) is 0 Å². The van der Waals surface area contributed by atoms with E-state index in [0.717, 1.165) is 12.8 Å². The molecule has 0 aliphatic carbocycles. The number of piperidine rings is 1. The van der Waals surface area contributed by atoms with E-state index in [1.54, 1.807) is 0 Å². The van der Waals surface area contributed by atoms with Crippen LogP contribution in [0, 0.1) is 0 Å². The highest BCUT2D eigenvalue weighted by atomic mass is 35.5. The van der Waals surface area contributed by atoms with Crippen LogP contribution in [0.15, 0.2) is 0 Å². The first kappa shape index (κ1) is 12.3. The van der Waals surface area contributed by atoms with Gasteiger partial charge < -0.3 is 5.73 Å². The summed E-state index contributed by atoms with van der Waals surface area (Å²) >= 11 is 5.74. The van der Waals surface area contributed by atoms with Crippen LogP contribution in [0.2, 0.25) is 5.28 Å². The lowest BCUT2D eigenvalue weighted by atomic mass is 10.00. The molecule has 6 nitrogen and oxygen atoms in total. The molecule has 0 amide bonds. The van der Waals surface area contributed by atoms with Gasteiger partial charge in [-0.05, 0) is 38.3 Å². The standard InChI is InChI=1S/C10H17ClN6/c1-6-4-3-5-7(2)17(6)16-10-14-8(11)13-9(12)15-10/h6-7H,3-5H2,1-2H3,(H3,12,13,14,15,16). The summed E-state index contributed by atoms with van der Waals surface area (Å²) in [4.78, 5) is 11.8. The van der Waals surface area contributed by atoms with E-state index in [1.807, 2.05) is 0 Å². The first-order valence-electron chi connectivity index (χ1n) is 5.78. The Morgan fingerprint density at radius 1 is 1.24 bits per heavy atom. The summed E-state index contributed by atoms with van der Waals surface area (Å²) in [6.07, 6.45) is 3.57. The molecule has 1 aliphatic heterocycles. The Bertz CT molecular complexity index is 368. The van der Waals surface area contributed by atoms with Gasteiger partial charge in [0.05, 0.1) is 0 Å². The van der Waals surface area contributed by atoms with Crippen molar-refractivity contribution in [3.05, 3.63) is 5.28 Å². The van der Waals surface area contributed by atoms with Crippen LogP contribution in [0.3, 0.4) is 0 Å². The van der Waals surface area contributed by atoms with Crippen LogP contribution in [0.25, 0.3) is 0 Å². The van der Waals surface area contributed by atoms with E-state index in [2.05, 4.69) is 39.2 Å². The van der Waals surface area contributed by atoms with Gasteiger partial charge in [-0.3, -0.25) is 5.43 Å². The van der Waals surface area contributed by atoms with Crippen molar-refractivity contribution in [2.24, 2.45) is 0 Å². The summed E-state index contributed by atoms with van der Waals surface area (Å²) in [6, 6.07) is 0.881. The molecule has 94 valence electrons. The zero-order chi connectivity index (χ0) is 12.4. The molecule has 2 rings (SSSR count). The summed E-state index contributed by atoms with van der Waals surface area (Å²) in [5.74, 6) is 0.535. The van der Waals surface area contributed by atoms with Crippen molar-refractivity contribution in [2.45, 2.75) is 45.2 Å². The fourth-order valence-electron chi connectivity index (χ4n) is 2.17. The topological polar surface area (TPSA) is 80.0 Å². The molecule has 17 heavy (non-hydrogen) atoms. The molecule has 0 radical (unpaired) electrons. The molecule has 1 saturated heterocycles. The molecule has 1 aliphatic rings. The highest BCUT2D eigenvalue weighted by Crippen LogP contribution is 2.22. The summed E-state index contributed by atoms with van der Waals surface area (Å²) in [5.41, 5.74) is 8.70. The summed E-state index contributed by atoms with van der Waals surface area (Å²) in [5, 5.41) is 2.26. The van der Waals surface area contributed by atoms with Crippen LogP contribution in [0.5, 0.6) is 0 Å². The van der Waals surface area contributed by atoms with Crippen LogP contribution in [-0.4, -0.2) is 32.0 Å². The van der Waals surface area contributed by atoms with Crippen molar-refractivity contribution in [1.82, 2.24) is 20.0 Å². The second-order valence-corrected chi connectivity index (χ2v) is 4.77. The van der Waals surface area contributed by atoms with Gasteiger partial charge in [-0.2, -0.15) is 15.0 Å². The van der Waals surface area contributed by atoms with Crippen molar-refractivity contribution in [3.8, 4) is 0 Å². The maximum atomic E-state index is 5.74. The van der Waals surface area contributed by atoms with Gasteiger partial charge in [0, 0.05) is 12.1 Å². The third-order valence-corrected chi connectivity index (χ3v) is 3.22. The van der Waals surface area contributed by atoms with Gasteiger partial charge in [-0.1, -0.05) is 6.42 Å². The third-order valence-electron chi connectivity index (χ3n) is 3.05. The molecule has 3 N–H and O–H groups in total. The highest BCUT2D eigenvalue weighted by Gasteiger charge is 2.25. The van der Waals surface area contributed by atoms with Gasteiger partial charge in [0.15, 0.2) is 0 Å². The van der Waals surface area contributed by atoms with Crippen molar-refractivity contribution in [3.63, 3.8) is 0 Å². The van der Waals surface area contributed by atoms with E-state index in [-0.39, 0.29) is 11.2 Å². The zero-order valence-corrected chi connectivity index (χ0v) is 10.8. The molecule has 1 fully saturated rings. The van der Waals surface area contributed by atoms with Gasteiger partial charge in [0.25, 0.3) is 0 Å². The second-order valence-electron chi connectivity index (χ2n) is 4.43. The Balaban J connectivity index is 2.13. The van der Waals surface area contributed by atoms with Gasteiger partial charge in [0.2, 0.25) is 17.2 Å². The Morgan fingerprint density at radius 3 is 2.47 bits per heavy atom. The highest BCUT2D eigenvalue weighted by molar-refractivity contribution is 6.28. The normalized spacial score (nSPS) is 25.8. The number of halogens is 1. The van der Waals surface area contributed by atoms with Crippen LogP contribution in [0.4, 0.5) is 11.9 Å². The zero-order valence-electron chi connectivity index (χ0n) is 10.0. The Hall–Kier alpha value is -1.14. The first-order valence-corrected chi connectivity index (χ1v) is 6.16. The number of anilines is 2. The molecule has 0 aromatic carbocycles. The largest absolute Gasteiger partial charge is 0.368 e. The van der Waals surface area contributed by atoms with Crippen molar-refractivity contribution in [2.75, 3.05) is 11.2 Å². The van der Waals surface area contributed by atoms with Crippen LogP contribution >= 0.6 is 11.6 Å². The monoisotopic (exact) mass is 256 g/mol. The lowest BCUT2D eigenvalue weighted by Gasteiger charge is -2.38. The van der Waals surface area contributed by atoms with Crippen molar-refractivity contribution < 1.29 is 0 Å². The number of nitrogens with one attached hydrogen (secondary N) is 1. The Kier molecular flexibility index (Phi) is 3.63. The van der Waals surface area contributed by atoms with E-state index >= 15 is 0 Å². The number of aromatic nitrogens is 3. The molecule has 7 heteroatoms. The third kappa shape index (κ3) is 2.95. The molecule has 0 bridgehead atoms. The lowest BCUT2D eigenvalue weighted by molar-refractivity contribution is 0.134. The fraction of sp³-hybridized carbons (Fsp3) is 0.700. The minimum absolute atomic E-state index is 0.109. The lowest BCUT2D eigenvalue weighted by Crippen LogP contribution is -2.47. The molecular formula is C10H17ClN6. The van der Waals surface area contributed by atoms with Crippen LogP contribution in [-0.2, 0) is 0 Å². The second kappa shape index (κ2) is 5.01. The SMILES string of the molecule is CC1CCCC(C)N1Nc1nc(N)nc(Cl)n1. The predicted molar refractivity (Wildman–Crippen MR) is 67.5 cm³/mol. The molecule has 2 unspecified atom stereocenters. The number of hydrazine groups is 1. The summed E-state index contributed by atoms with van der Waals surface area (Å²) in [6.45, 7) is 4.35. The molecule has 1 aromatic rings. The smallest absolute Gasteiger partial charge is 0.243 e. The molecule has 0 spiro atoms. The Morgan fingerprint density at radius 2 is 1.88 bits per heavy atom. The number of rotatable bonds is 2. The predicted octanol–water partition coefficient (Wildman–Crippen LogP) is 1.70. The molecular weight excluding hydrogens is 240 g/mol.